The summed E-state index contributed by atoms with van der Waals surface area (Å²) < 4.78 is 38.7. The second-order valence-corrected chi connectivity index (χ2v) is 8.20. The van der Waals surface area contributed by atoms with Crippen LogP contribution >= 0.6 is 0 Å². The van der Waals surface area contributed by atoms with Gasteiger partial charge in [-0.3, -0.25) is 9.10 Å². The van der Waals surface area contributed by atoms with E-state index in [9.17, 15) is 17.6 Å². The third-order valence-corrected chi connectivity index (χ3v) is 5.38. The number of carbonyl (C=O) groups is 1. The minimum atomic E-state index is -3.61. The van der Waals surface area contributed by atoms with Crippen LogP contribution in [0.25, 0.3) is 0 Å². The molecule has 0 aliphatic carbocycles. The summed E-state index contributed by atoms with van der Waals surface area (Å²) in [5, 5.41) is 2.82. The molecule has 0 spiro atoms. The average molecular weight is 392 g/mol. The zero-order chi connectivity index (χ0) is 19.9. The molecule has 0 aliphatic rings. The monoisotopic (exact) mass is 392 g/mol. The molecule has 7 heteroatoms. The summed E-state index contributed by atoms with van der Waals surface area (Å²) in [5.41, 5.74) is 1.45. The number of para-hydroxylation sites is 1. The van der Waals surface area contributed by atoms with E-state index < -0.39 is 16.1 Å². The first-order valence-electron chi connectivity index (χ1n) is 8.89. The molecule has 0 saturated heterocycles. The van der Waals surface area contributed by atoms with Crippen molar-refractivity contribution in [2.24, 2.45) is 0 Å². The van der Waals surface area contributed by atoms with Crippen LogP contribution in [0.15, 0.2) is 54.6 Å². The predicted octanol–water partition coefficient (Wildman–Crippen LogP) is 3.12. The van der Waals surface area contributed by atoms with E-state index in [2.05, 4.69) is 5.32 Å². The van der Waals surface area contributed by atoms with Gasteiger partial charge < -0.3 is 5.32 Å². The highest BCUT2D eigenvalue weighted by molar-refractivity contribution is 7.92. The predicted molar refractivity (Wildman–Crippen MR) is 106 cm³/mol. The Bertz CT molecular complexity index is 839. The van der Waals surface area contributed by atoms with Crippen molar-refractivity contribution in [2.75, 3.05) is 17.1 Å². The van der Waals surface area contributed by atoms with Gasteiger partial charge in [0.05, 0.1) is 11.9 Å². The van der Waals surface area contributed by atoms with Gasteiger partial charge in [-0.05, 0) is 49.1 Å². The second kappa shape index (κ2) is 9.50. The highest BCUT2D eigenvalue weighted by Crippen LogP contribution is 2.22. The van der Waals surface area contributed by atoms with Gasteiger partial charge in [0.2, 0.25) is 15.9 Å². The number of benzene rings is 2. The van der Waals surface area contributed by atoms with Crippen LogP contribution in [-0.4, -0.2) is 33.2 Å². The lowest BCUT2D eigenvalue weighted by Gasteiger charge is -2.30. The SMILES string of the molecule is CCC(C(=O)NCCCc1ccc(F)cc1)N(c1ccccc1)S(C)(=O)=O. The van der Waals surface area contributed by atoms with E-state index in [1.807, 2.05) is 0 Å². The van der Waals surface area contributed by atoms with E-state index in [1.165, 1.54) is 16.4 Å². The molecular weight excluding hydrogens is 367 g/mol. The molecule has 1 atom stereocenters. The Morgan fingerprint density at radius 1 is 1.11 bits per heavy atom. The van der Waals surface area contributed by atoms with E-state index in [0.717, 1.165) is 11.8 Å². The number of anilines is 1. The largest absolute Gasteiger partial charge is 0.354 e. The Morgan fingerprint density at radius 2 is 1.74 bits per heavy atom. The average Bonchev–Trinajstić information content (AvgIpc) is 2.64. The molecule has 2 aromatic carbocycles. The maximum atomic E-state index is 12.9. The molecule has 1 unspecified atom stereocenters. The van der Waals surface area contributed by atoms with Crippen LogP contribution in [0.3, 0.4) is 0 Å². The zero-order valence-electron chi connectivity index (χ0n) is 15.6. The zero-order valence-corrected chi connectivity index (χ0v) is 16.4. The summed E-state index contributed by atoms with van der Waals surface area (Å²) in [7, 11) is -3.61. The molecule has 1 amide bonds. The smallest absolute Gasteiger partial charge is 0.243 e. The van der Waals surface area contributed by atoms with Gasteiger partial charge in [0.25, 0.3) is 0 Å². The third kappa shape index (κ3) is 6.06. The number of carbonyl (C=O) groups excluding carboxylic acids is 1. The summed E-state index contributed by atoms with van der Waals surface area (Å²) in [5.74, 6) is -0.606. The van der Waals surface area contributed by atoms with Crippen molar-refractivity contribution in [1.29, 1.82) is 0 Å². The summed E-state index contributed by atoms with van der Waals surface area (Å²) in [6.45, 7) is 2.20. The Balaban J connectivity index is 1.99. The number of nitrogens with one attached hydrogen (secondary N) is 1. The fraction of sp³-hybridized carbons (Fsp3) is 0.350. The van der Waals surface area contributed by atoms with Gasteiger partial charge in [0.15, 0.2) is 0 Å². The number of amides is 1. The quantitative estimate of drug-likeness (QED) is 0.667. The van der Waals surface area contributed by atoms with Gasteiger partial charge in [-0.15, -0.1) is 0 Å². The standard InChI is InChI=1S/C20H25FN2O3S/c1-3-19(23(27(2,25)26)18-9-5-4-6-10-18)20(24)22-15-7-8-16-11-13-17(21)14-12-16/h4-6,9-14,19H,3,7-8,15H2,1-2H3,(H,22,24). The van der Waals surface area contributed by atoms with Crippen LogP contribution in [-0.2, 0) is 21.2 Å². The molecule has 2 aromatic rings. The Kier molecular flexibility index (Phi) is 7.36. The number of rotatable bonds is 9. The minimum Gasteiger partial charge on any atom is -0.354 e. The molecule has 0 fully saturated rings. The first kappa shape index (κ1) is 20.9. The number of hydrogen-bond acceptors (Lipinski definition) is 3. The Morgan fingerprint density at radius 3 is 2.30 bits per heavy atom. The van der Waals surface area contributed by atoms with Crippen molar-refractivity contribution in [3.63, 3.8) is 0 Å². The van der Waals surface area contributed by atoms with Crippen LogP contribution in [0, 0.1) is 5.82 Å². The molecule has 0 heterocycles. The van der Waals surface area contributed by atoms with E-state index in [-0.39, 0.29) is 11.7 Å². The number of sulfonamides is 1. The van der Waals surface area contributed by atoms with Crippen molar-refractivity contribution >= 4 is 21.6 Å². The van der Waals surface area contributed by atoms with Gasteiger partial charge in [-0.25, -0.2) is 12.8 Å². The van der Waals surface area contributed by atoms with Crippen molar-refractivity contribution in [3.8, 4) is 0 Å². The maximum Gasteiger partial charge on any atom is 0.243 e. The lowest BCUT2D eigenvalue weighted by molar-refractivity contribution is -0.122. The topological polar surface area (TPSA) is 66.5 Å². The number of hydrogen-bond donors (Lipinski definition) is 1. The minimum absolute atomic E-state index is 0.278. The molecule has 27 heavy (non-hydrogen) atoms. The molecule has 5 nitrogen and oxygen atoms in total. The highest BCUT2D eigenvalue weighted by Gasteiger charge is 2.31. The van der Waals surface area contributed by atoms with Gasteiger partial charge in [0.1, 0.15) is 11.9 Å². The first-order valence-corrected chi connectivity index (χ1v) is 10.7. The van der Waals surface area contributed by atoms with Crippen molar-refractivity contribution in [3.05, 3.63) is 66.0 Å². The summed E-state index contributed by atoms with van der Waals surface area (Å²) in [4.78, 5) is 12.6. The van der Waals surface area contributed by atoms with Gasteiger partial charge >= 0.3 is 0 Å². The first-order chi connectivity index (χ1) is 12.8. The summed E-state index contributed by atoms with van der Waals surface area (Å²) >= 11 is 0. The van der Waals surface area contributed by atoms with Gasteiger partial charge in [0, 0.05) is 6.54 Å². The molecule has 0 saturated carbocycles. The lowest BCUT2D eigenvalue weighted by atomic mass is 10.1. The maximum absolute atomic E-state index is 12.9. The molecule has 0 aromatic heterocycles. The molecule has 146 valence electrons. The Hall–Kier alpha value is -2.41. The fourth-order valence-corrected chi connectivity index (χ4v) is 4.12. The second-order valence-electron chi connectivity index (χ2n) is 6.34. The number of nitrogens with zero attached hydrogens (tertiary/aromatic N) is 1. The Labute approximate surface area is 160 Å². The van der Waals surface area contributed by atoms with Gasteiger partial charge in [-0.1, -0.05) is 37.3 Å². The van der Waals surface area contributed by atoms with Crippen molar-refractivity contribution in [2.45, 2.75) is 32.2 Å². The van der Waals surface area contributed by atoms with Crippen LogP contribution in [0.2, 0.25) is 0 Å². The van der Waals surface area contributed by atoms with Crippen LogP contribution < -0.4 is 9.62 Å². The fourth-order valence-electron chi connectivity index (χ4n) is 2.91. The number of halogens is 1. The van der Waals surface area contributed by atoms with E-state index in [4.69, 9.17) is 0 Å². The highest BCUT2D eigenvalue weighted by atomic mass is 32.2. The van der Waals surface area contributed by atoms with Crippen molar-refractivity contribution in [1.82, 2.24) is 5.32 Å². The molecular formula is C20H25FN2O3S. The van der Waals surface area contributed by atoms with E-state index >= 15 is 0 Å². The lowest BCUT2D eigenvalue weighted by Crippen LogP contribution is -2.49. The normalized spacial score (nSPS) is 12.4. The molecule has 0 radical (unpaired) electrons. The van der Waals surface area contributed by atoms with E-state index in [1.54, 1.807) is 49.4 Å². The third-order valence-electron chi connectivity index (χ3n) is 4.20. The van der Waals surface area contributed by atoms with E-state index in [0.29, 0.717) is 31.5 Å². The van der Waals surface area contributed by atoms with Crippen LogP contribution in [0.4, 0.5) is 10.1 Å². The summed E-state index contributed by atoms with van der Waals surface area (Å²) in [6.07, 6.45) is 2.83. The summed E-state index contributed by atoms with van der Waals surface area (Å²) in [6, 6.07) is 14.0. The van der Waals surface area contributed by atoms with Crippen LogP contribution in [0.1, 0.15) is 25.3 Å². The van der Waals surface area contributed by atoms with Crippen molar-refractivity contribution < 1.29 is 17.6 Å². The molecule has 0 aliphatic heterocycles. The molecule has 2 rings (SSSR count). The molecule has 1 N–H and O–H groups in total. The molecule has 0 bridgehead atoms. The van der Waals surface area contributed by atoms with Gasteiger partial charge in [-0.2, -0.15) is 0 Å². The van der Waals surface area contributed by atoms with Crippen LogP contribution in [0.5, 0.6) is 0 Å². The number of aryl methyl sites for hydroxylation is 1.